The van der Waals surface area contributed by atoms with E-state index in [4.69, 9.17) is 32.5 Å². The van der Waals surface area contributed by atoms with Crippen LogP contribution in [0, 0.1) is 0 Å². The first-order valence-electron chi connectivity index (χ1n) is 9.79. The van der Waals surface area contributed by atoms with Crippen molar-refractivity contribution in [1.29, 1.82) is 0 Å². The predicted octanol–water partition coefficient (Wildman–Crippen LogP) is 4.42. The van der Waals surface area contributed by atoms with Crippen LogP contribution >= 0.6 is 30.9 Å². The van der Waals surface area contributed by atoms with Gasteiger partial charge in [-0.2, -0.15) is 0 Å². The van der Waals surface area contributed by atoms with Gasteiger partial charge >= 0.3 is 7.67 Å². The van der Waals surface area contributed by atoms with Crippen molar-refractivity contribution in [3.05, 3.63) is 53.6 Å². The van der Waals surface area contributed by atoms with E-state index in [1.807, 2.05) is 0 Å². The average Bonchev–Trinajstić information content (AvgIpc) is 2.78. The first kappa shape index (κ1) is 24.4. The van der Waals surface area contributed by atoms with Gasteiger partial charge in [-0.1, -0.05) is 6.07 Å². The number of ether oxygens (including phenoxy) is 1. The third-order valence-electron chi connectivity index (χ3n) is 4.71. The highest BCUT2D eigenvalue weighted by molar-refractivity contribution is 7.54. The second kappa shape index (κ2) is 11.1. The molecule has 172 valence electrons. The van der Waals surface area contributed by atoms with Crippen LogP contribution in [0.2, 0.25) is 0 Å². The van der Waals surface area contributed by atoms with Gasteiger partial charge in [-0.25, -0.2) is 14.3 Å². The Kier molecular flexibility index (Phi) is 8.45. The molecule has 0 aliphatic carbocycles. The molecule has 1 aliphatic rings. The van der Waals surface area contributed by atoms with E-state index in [1.54, 1.807) is 41.1 Å². The number of fused-ring (bicyclic) bond motifs is 1. The molecule has 32 heavy (non-hydrogen) atoms. The standard InChI is InChI=1S/C21H24Cl2N3O5P/c1-30-20-12-15(2-5-18(20)27)3-7-21(28)25-17-4-6-19-16(13-17)14-24-32(29,31-19)26(10-8-22)11-9-23/h2-7,12-13,27H,8-11,14H2,1H3,(H,24,29)(H,25,28)/b7-3+. The van der Waals surface area contributed by atoms with Crippen LogP contribution in [0.3, 0.4) is 0 Å². The van der Waals surface area contributed by atoms with Gasteiger partial charge in [0.05, 0.1) is 7.11 Å². The zero-order valence-electron chi connectivity index (χ0n) is 17.4. The van der Waals surface area contributed by atoms with Gasteiger partial charge in [0.25, 0.3) is 0 Å². The Morgan fingerprint density at radius 3 is 2.72 bits per heavy atom. The molecule has 3 N–H and O–H groups in total. The largest absolute Gasteiger partial charge is 0.504 e. The summed E-state index contributed by atoms with van der Waals surface area (Å²) in [5.41, 5.74) is 2.03. The number of phenolic OH excluding ortho intramolecular Hbond substituents is 1. The summed E-state index contributed by atoms with van der Waals surface area (Å²) in [5, 5.41) is 15.4. The zero-order chi connectivity index (χ0) is 23.1. The predicted molar refractivity (Wildman–Crippen MR) is 127 cm³/mol. The summed E-state index contributed by atoms with van der Waals surface area (Å²) in [4.78, 5) is 12.3. The normalized spacial score (nSPS) is 17.8. The van der Waals surface area contributed by atoms with Crippen LogP contribution in [0.15, 0.2) is 42.5 Å². The Morgan fingerprint density at radius 1 is 1.28 bits per heavy atom. The summed E-state index contributed by atoms with van der Waals surface area (Å²) in [6.45, 7) is 1.06. The van der Waals surface area contributed by atoms with E-state index in [9.17, 15) is 14.5 Å². The number of benzene rings is 2. The van der Waals surface area contributed by atoms with Crippen LogP contribution in [-0.2, 0) is 15.9 Å². The fourth-order valence-corrected chi connectivity index (χ4v) is 5.68. The Hall–Kier alpha value is -2.22. The van der Waals surface area contributed by atoms with Crippen molar-refractivity contribution in [3.63, 3.8) is 0 Å². The van der Waals surface area contributed by atoms with E-state index >= 15 is 0 Å². The van der Waals surface area contributed by atoms with Crippen molar-refractivity contribution in [2.24, 2.45) is 0 Å². The van der Waals surface area contributed by atoms with Crippen molar-refractivity contribution < 1.29 is 23.7 Å². The molecule has 1 heterocycles. The first-order valence-corrected chi connectivity index (χ1v) is 12.4. The summed E-state index contributed by atoms with van der Waals surface area (Å²) in [6.07, 6.45) is 2.99. The summed E-state index contributed by atoms with van der Waals surface area (Å²) in [6, 6.07) is 9.89. The third kappa shape index (κ3) is 5.97. The van der Waals surface area contributed by atoms with Gasteiger partial charge < -0.3 is 19.7 Å². The topological polar surface area (TPSA) is 100 Å². The molecule has 0 aromatic heterocycles. The number of halogens is 2. The van der Waals surface area contributed by atoms with E-state index in [1.165, 1.54) is 19.3 Å². The number of aromatic hydroxyl groups is 1. The molecule has 11 heteroatoms. The van der Waals surface area contributed by atoms with Crippen molar-refractivity contribution in [2.45, 2.75) is 6.54 Å². The molecule has 1 atom stereocenters. The molecule has 0 saturated carbocycles. The van der Waals surface area contributed by atoms with E-state index in [2.05, 4.69) is 10.4 Å². The van der Waals surface area contributed by atoms with Crippen molar-refractivity contribution >= 4 is 48.5 Å². The Morgan fingerprint density at radius 2 is 2.03 bits per heavy atom. The number of phenols is 1. The summed E-state index contributed by atoms with van der Waals surface area (Å²) in [7, 11) is -1.84. The number of hydrogen-bond acceptors (Lipinski definition) is 5. The number of carbonyl (C=O) groups is 1. The van der Waals surface area contributed by atoms with Gasteiger partial charge in [0.15, 0.2) is 11.5 Å². The van der Waals surface area contributed by atoms with E-state index in [-0.39, 0.29) is 11.7 Å². The molecule has 1 aliphatic heterocycles. The van der Waals surface area contributed by atoms with E-state index in [0.29, 0.717) is 54.1 Å². The number of nitrogens with zero attached hydrogens (tertiary/aromatic N) is 1. The van der Waals surface area contributed by atoms with Gasteiger partial charge in [0.2, 0.25) is 5.91 Å². The van der Waals surface area contributed by atoms with E-state index < -0.39 is 7.67 Å². The minimum Gasteiger partial charge on any atom is -0.504 e. The van der Waals surface area contributed by atoms with Gasteiger partial charge in [-0.15, -0.1) is 23.2 Å². The molecule has 0 radical (unpaired) electrons. The van der Waals surface area contributed by atoms with Crippen LogP contribution in [0.1, 0.15) is 11.1 Å². The van der Waals surface area contributed by atoms with Crippen molar-refractivity contribution in [2.75, 3.05) is 37.3 Å². The molecule has 0 fully saturated rings. The molecule has 0 spiro atoms. The highest BCUT2D eigenvalue weighted by Crippen LogP contribution is 2.51. The lowest BCUT2D eigenvalue weighted by Crippen LogP contribution is -2.35. The third-order valence-corrected chi connectivity index (χ3v) is 7.19. The SMILES string of the molecule is COc1cc(/C=C/C(=O)Nc2ccc3c(c2)CNP(=O)(N(CCCl)CCCl)O3)ccc1O. The summed E-state index contributed by atoms with van der Waals surface area (Å²) < 4.78 is 25.7. The lowest BCUT2D eigenvalue weighted by molar-refractivity contribution is -0.111. The van der Waals surface area contributed by atoms with Gasteiger partial charge in [-0.3, -0.25) is 4.79 Å². The lowest BCUT2D eigenvalue weighted by atomic mass is 10.1. The number of nitrogens with one attached hydrogen (secondary N) is 2. The summed E-state index contributed by atoms with van der Waals surface area (Å²) >= 11 is 11.6. The van der Waals surface area contributed by atoms with Crippen LogP contribution in [0.25, 0.3) is 6.08 Å². The Labute approximate surface area is 196 Å². The van der Waals surface area contributed by atoms with Gasteiger partial charge in [-0.05, 0) is 42.0 Å². The molecule has 0 saturated heterocycles. The second-order valence-corrected chi connectivity index (χ2v) is 9.72. The molecule has 3 rings (SSSR count). The number of anilines is 1. The fraction of sp³-hybridized carbons (Fsp3) is 0.286. The minimum absolute atomic E-state index is 0.0250. The molecule has 2 aromatic rings. The smallest absolute Gasteiger partial charge is 0.393 e. The van der Waals surface area contributed by atoms with Crippen LogP contribution < -0.4 is 19.7 Å². The Bertz CT molecular complexity index is 1040. The average molecular weight is 500 g/mol. The van der Waals surface area contributed by atoms with Gasteiger partial charge in [0.1, 0.15) is 5.75 Å². The maximum atomic E-state index is 13.2. The molecular weight excluding hydrogens is 476 g/mol. The summed E-state index contributed by atoms with van der Waals surface area (Å²) in [5.74, 6) is 1.09. The fourth-order valence-electron chi connectivity index (χ4n) is 3.12. The number of carbonyl (C=O) groups excluding carboxylic acids is 1. The second-order valence-electron chi connectivity index (χ2n) is 6.85. The van der Waals surface area contributed by atoms with E-state index in [0.717, 1.165) is 5.56 Å². The molecule has 0 bridgehead atoms. The molecular formula is C21H24Cl2N3O5P. The highest BCUT2D eigenvalue weighted by atomic mass is 35.5. The molecule has 1 amide bonds. The number of methoxy groups -OCH3 is 1. The number of hydrogen-bond donors (Lipinski definition) is 3. The van der Waals surface area contributed by atoms with Crippen LogP contribution in [0.5, 0.6) is 17.2 Å². The highest BCUT2D eigenvalue weighted by Gasteiger charge is 2.36. The molecule has 1 unspecified atom stereocenters. The molecule has 2 aromatic carbocycles. The maximum Gasteiger partial charge on any atom is 0.393 e. The number of alkyl halides is 2. The zero-order valence-corrected chi connectivity index (χ0v) is 19.8. The van der Waals surface area contributed by atoms with Crippen LogP contribution in [-0.4, -0.2) is 47.6 Å². The minimum atomic E-state index is -3.30. The van der Waals surface area contributed by atoms with Crippen molar-refractivity contribution in [3.8, 4) is 17.2 Å². The van der Waals surface area contributed by atoms with Crippen LogP contribution in [0.4, 0.5) is 5.69 Å². The lowest BCUT2D eigenvalue weighted by Gasteiger charge is -2.34. The quantitative estimate of drug-likeness (QED) is 0.266. The molecule has 8 nitrogen and oxygen atoms in total. The monoisotopic (exact) mass is 499 g/mol. The number of rotatable bonds is 9. The van der Waals surface area contributed by atoms with Crippen molar-refractivity contribution in [1.82, 2.24) is 9.76 Å². The maximum absolute atomic E-state index is 13.2. The van der Waals surface area contributed by atoms with Gasteiger partial charge in [0, 0.05) is 48.7 Å². The number of amides is 1. The Balaban J connectivity index is 1.67. The first-order chi connectivity index (χ1) is 15.4.